The topological polar surface area (TPSA) is 42.3 Å². The predicted molar refractivity (Wildman–Crippen MR) is 139 cm³/mol. The number of hydrogen-bond donors (Lipinski definition) is 0. The van der Waals surface area contributed by atoms with E-state index in [1.165, 1.54) is 42.6 Å². The molecule has 0 atom stereocenters. The van der Waals surface area contributed by atoms with E-state index in [9.17, 15) is 9.59 Å². The molecule has 1 saturated carbocycles. The van der Waals surface area contributed by atoms with Gasteiger partial charge >= 0.3 is 0 Å². The first-order valence-corrected chi connectivity index (χ1v) is 12.9. The summed E-state index contributed by atoms with van der Waals surface area (Å²) in [6, 6.07) is 20.7. The minimum absolute atomic E-state index is 0.216. The van der Waals surface area contributed by atoms with Gasteiger partial charge in [0.2, 0.25) is 0 Å². The lowest BCUT2D eigenvalue weighted by Gasteiger charge is -2.22. The molecule has 5 heteroatoms. The van der Waals surface area contributed by atoms with Crippen LogP contribution in [0.25, 0.3) is 11.8 Å². The largest absolute Gasteiger partial charge is 0.318 e. The quantitative estimate of drug-likeness (QED) is 0.365. The Morgan fingerprint density at radius 1 is 0.941 bits per heavy atom. The normalized spacial score (nSPS) is 18.3. The van der Waals surface area contributed by atoms with Gasteiger partial charge in [-0.05, 0) is 85.3 Å². The first-order valence-electron chi connectivity index (χ1n) is 12.1. The van der Waals surface area contributed by atoms with Crippen molar-refractivity contribution in [2.75, 3.05) is 0 Å². The number of amides is 2. The molecule has 2 heterocycles. The molecule has 2 aromatic carbocycles. The lowest BCUT2D eigenvalue weighted by atomic mass is 9.84. The van der Waals surface area contributed by atoms with Gasteiger partial charge < -0.3 is 4.57 Å². The molecule has 0 radical (unpaired) electrons. The lowest BCUT2D eigenvalue weighted by Crippen LogP contribution is -2.27. The predicted octanol–water partition coefficient (Wildman–Crippen LogP) is 7.38. The van der Waals surface area contributed by atoms with Crippen molar-refractivity contribution in [1.29, 1.82) is 0 Å². The fourth-order valence-corrected chi connectivity index (χ4v) is 6.04. The molecular weight excluding hydrogens is 440 g/mol. The summed E-state index contributed by atoms with van der Waals surface area (Å²) in [6.07, 6.45) is 8.50. The number of rotatable bonds is 5. The third-order valence-corrected chi connectivity index (χ3v) is 7.95. The molecule has 2 fully saturated rings. The number of aryl methyl sites for hydroxylation is 1. The highest BCUT2D eigenvalue weighted by atomic mass is 32.2. The SMILES string of the molecule is Cc1cc(/C=C2\SC(=O)N(Cc3ccccc3)C2=O)c(C)n1-c1ccc(C2CCCCC2)cc1. The van der Waals surface area contributed by atoms with E-state index < -0.39 is 0 Å². The van der Waals surface area contributed by atoms with Gasteiger partial charge in [-0.15, -0.1) is 0 Å². The van der Waals surface area contributed by atoms with Crippen LogP contribution >= 0.6 is 11.8 Å². The van der Waals surface area contributed by atoms with Crippen molar-refractivity contribution in [3.05, 3.63) is 93.6 Å². The van der Waals surface area contributed by atoms with Gasteiger partial charge in [-0.25, -0.2) is 0 Å². The van der Waals surface area contributed by atoms with Gasteiger partial charge in [-0.2, -0.15) is 0 Å². The molecule has 4 nitrogen and oxygen atoms in total. The first-order chi connectivity index (χ1) is 16.5. The second-order valence-corrected chi connectivity index (χ2v) is 10.3. The van der Waals surface area contributed by atoms with Crippen molar-refractivity contribution < 1.29 is 9.59 Å². The second kappa shape index (κ2) is 9.67. The zero-order chi connectivity index (χ0) is 23.7. The van der Waals surface area contributed by atoms with Gasteiger partial charge in [-0.1, -0.05) is 61.7 Å². The van der Waals surface area contributed by atoms with Crippen LogP contribution in [0.1, 0.15) is 66.1 Å². The summed E-state index contributed by atoms with van der Waals surface area (Å²) >= 11 is 1.02. The lowest BCUT2D eigenvalue weighted by molar-refractivity contribution is -0.123. The number of benzene rings is 2. The van der Waals surface area contributed by atoms with E-state index in [2.05, 4.69) is 48.7 Å². The molecular formula is C29H30N2O2S. The van der Waals surface area contributed by atoms with Crippen molar-refractivity contribution in [2.24, 2.45) is 0 Å². The second-order valence-electron chi connectivity index (χ2n) is 9.34. The zero-order valence-electron chi connectivity index (χ0n) is 19.8. The Labute approximate surface area is 205 Å². The van der Waals surface area contributed by atoms with E-state index in [0.717, 1.165) is 40.0 Å². The fraction of sp³-hybridized carbons (Fsp3) is 0.310. The maximum absolute atomic E-state index is 13.0. The van der Waals surface area contributed by atoms with E-state index in [4.69, 9.17) is 0 Å². The number of thioether (sulfide) groups is 1. The van der Waals surface area contributed by atoms with Crippen molar-refractivity contribution in [1.82, 2.24) is 9.47 Å². The molecule has 0 unspecified atom stereocenters. The third kappa shape index (κ3) is 4.49. The van der Waals surface area contributed by atoms with E-state index in [-0.39, 0.29) is 11.1 Å². The zero-order valence-corrected chi connectivity index (χ0v) is 20.6. The highest BCUT2D eigenvalue weighted by Gasteiger charge is 2.35. The maximum Gasteiger partial charge on any atom is 0.293 e. The summed E-state index contributed by atoms with van der Waals surface area (Å²) < 4.78 is 2.23. The maximum atomic E-state index is 13.0. The van der Waals surface area contributed by atoms with Gasteiger partial charge in [-0.3, -0.25) is 14.5 Å². The smallest absolute Gasteiger partial charge is 0.293 e. The summed E-state index contributed by atoms with van der Waals surface area (Å²) in [5, 5.41) is -0.216. The molecule has 1 saturated heterocycles. The first kappa shape index (κ1) is 22.7. The molecule has 0 bridgehead atoms. The van der Waals surface area contributed by atoms with Crippen molar-refractivity contribution in [3.8, 4) is 5.69 Å². The Bertz CT molecular complexity index is 1240. The molecule has 5 rings (SSSR count). The van der Waals surface area contributed by atoms with Gasteiger partial charge in [0.15, 0.2) is 0 Å². The summed E-state index contributed by atoms with van der Waals surface area (Å²) in [6.45, 7) is 4.46. The molecule has 2 aliphatic rings. The monoisotopic (exact) mass is 470 g/mol. The Morgan fingerprint density at radius 3 is 2.35 bits per heavy atom. The number of imide groups is 1. The fourth-order valence-electron chi connectivity index (χ4n) is 5.21. The Balaban J connectivity index is 1.38. The van der Waals surface area contributed by atoms with Crippen LogP contribution in [0.3, 0.4) is 0 Å². The molecule has 1 aromatic heterocycles. The summed E-state index contributed by atoms with van der Waals surface area (Å²) in [7, 11) is 0. The van der Waals surface area contributed by atoms with E-state index in [1.54, 1.807) is 0 Å². The van der Waals surface area contributed by atoms with Crippen LogP contribution in [0.2, 0.25) is 0 Å². The van der Waals surface area contributed by atoms with E-state index >= 15 is 0 Å². The Morgan fingerprint density at radius 2 is 1.65 bits per heavy atom. The number of aromatic nitrogens is 1. The number of carbonyl (C=O) groups is 2. The summed E-state index contributed by atoms with van der Waals surface area (Å²) in [5.41, 5.74) is 6.67. The van der Waals surface area contributed by atoms with Crippen molar-refractivity contribution >= 4 is 29.0 Å². The van der Waals surface area contributed by atoms with Crippen molar-refractivity contribution in [2.45, 2.75) is 58.4 Å². The molecule has 2 amide bonds. The molecule has 1 aliphatic carbocycles. The van der Waals surface area contributed by atoms with Crippen LogP contribution in [-0.4, -0.2) is 20.6 Å². The third-order valence-electron chi connectivity index (χ3n) is 7.04. The molecule has 0 spiro atoms. The number of hydrogen-bond acceptors (Lipinski definition) is 3. The minimum atomic E-state index is -0.222. The van der Waals surface area contributed by atoms with E-state index in [1.807, 2.05) is 36.4 Å². The van der Waals surface area contributed by atoms with Gasteiger partial charge in [0.1, 0.15) is 0 Å². The van der Waals surface area contributed by atoms with Crippen LogP contribution in [-0.2, 0) is 11.3 Å². The average Bonchev–Trinajstić information content (AvgIpc) is 3.29. The van der Waals surface area contributed by atoms with Crippen LogP contribution in [0.15, 0.2) is 65.6 Å². The van der Waals surface area contributed by atoms with Gasteiger partial charge in [0.25, 0.3) is 11.1 Å². The molecule has 1 aliphatic heterocycles. The Kier molecular flexibility index (Phi) is 6.46. The van der Waals surface area contributed by atoms with E-state index in [0.29, 0.717) is 17.4 Å². The van der Waals surface area contributed by atoms with Crippen LogP contribution in [0.4, 0.5) is 4.79 Å². The van der Waals surface area contributed by atoms with Crippen LogP contribution in [0, 0.1) is 13.8 Å². The standard InChI is InChI=1S/C29H30N2O2S/c1-20-17-25(18-27-28(32)30(29(33)34-27)19-22-9-5-3-6-10-22)21(2)31(20)26-15-13-24(14-16-26)23-11-7-4-8-12-23/h3,5-6,9-10,13-18,23H,4,7-8,11-12,19H2,1-2H3/b27-18-. The van der Waals surface area contributed by atoms with Crippen LogP contribution < -0.4 is 0 Å². The van der Waals surface area contributed by atoms with Gasteiger partial charge in [0.05, 0.1) is 11.4 Å². The molecule has 174 valence electrons. The highest BCUT2D eigenvalue weighted by Crippen LogP contribution is 2.36. The van der Waals surface area contributed by atoms with Crippen molar-refractivity contribution in [3.63, 3.8) is 0 Å². The average molecular weight is 471 g/mol. The summed E-state index contributed by atoms with van der Waals surface area (Å²) in [5.74, 6) is 0.470. The summed E-state index contributed by atoms with van der Waals surface area (Å²) in [4.78, 5) is 27.4. The molecule has 3 aromatic rings. The van der Waals surface area contributed by atoms with Crippen LogP contribution in [0.5, 0.6) is 0 Å². The highest BCUT2D eigenvalue weighted by molar-refractivity contribution is 8.18. The number of carbonyl (C=O) groups excluding carboxylic acids is 2. The Hall–Kier alpha value is -3.05. The molecule has 34 heavy (non-hydrogen) atoms. The number of nitrogens with zero attached hydrogens (tertiary/aromatic N) is 2. The van der Waals surface area contributed by atoms with Gasteiger partial charge in [0, 0.05) is 17.1 Å². The minimum Gasteiger partial charge on any atom is -0.318 e. The molecule has 0 N–H and O–H groups in total.